The van der Waals surface area contributed by atoms with Gasteiger partial charge in [-0.25, -0.2) is 13.4 Å². The number of hydrogen-bond donors (Lipinski definition) is 1. The van der Waals surface area contributed by atoms with Crippen molar-refractivity contribution in [2.75, 3.05) is 31.6 Å². The van der Waals surface area contributed by atoms with E-state index in [1.54, 1.807) is 10.5 Å². The quantitative estimate of drug-likeness (QED) is 0.884. The SMILES string of the molecule is CS(=O)(=O)N1C[C@H]2CN(Cc3cccnc3N)C[C@H]2[C@@H]1c1ccccc1. The zero-order valence-corrected chi connectivity index (χ0v) is 15.6. The lowest BCUT2D eigenvalue weighted by Gasteiger charge is -2.28. The van der Waals surface area contributed by atoms with Crippen LogP contribution in [-0.2, 0) is 16.6 Å². The Morgan fingerprint density at radius 2 is 1.88 bits per heavy atom. The summed E-state index contributed by atoms with van der Waals surface area (Å²) in [5, 5.41) is 0. The van der Waals surface area contributed by atoms with Crippen LogP contribution in [-0.4, -0.2) is 48.5 Å². The van der Waals surface area contributed by atoms with Gasteiger partial charge in [-0.2, -0.15) is 4.31 Å². The summed E-state index contributed by atoms with van der Waals surface area (Å²) in [6.45, 7) is 3.09. The minimum absolute atomic E-state index is 0.0903. The molecule has 0 unspecified atom stereocenters. The van der Waals surface area contributed by atoms with Gasteiger partial charge < -0.3 is 5.73 Å². The summed E-state index contributed by atoms with van der Waals surface area (Å²) in [5.74, 6) is 1.21. The van der Waals surface area contributed by atoms with Crippen LogP contribution >= 0.6 is 0 Å². The van der Waals surface area contributed by atoms with Gasteiger partial charge in [-0.05, 0) is 23.5 Å². The van der Waals surface area contributed by atoms with Crippen molar-refractivity contribution in [1.29, 1.82) is 0 Å². The Morgan fingerprint density at radius 1 is 1.12 bits per heavy atom. The van der Waals surface area contributed by atoms with E-state index in [-0.39, 0.29) is 6.04 Å². The zero-order valence-electron chi connectivity index (χ0n) is 14.8. The number of sulfonamides is 1. The molecule has 1 aromatic heterocycles. The van der Waals surface area contributed by atoms with Gasteiger partial charge in [-0.3, -0.25) is 4.90 Å². The van der Waals surface area contributed by atoms with E-state index in [0.29, 0.717) is 24.2 Å². The Labute approximate surface area is 154 Å². The van der Waals surface area contributed by atoms with Gasteiger partial charge in [-0.15, -0.1) is 0 Å². The summed E-state index contributed by atoms with van der Waals surface area (Å²) in [7, 11) is -3.24. The number of fused-ring (bicyclic) bond motifs is 1. The minimum atomic E-state index is -3.24. The fourth-order valence-corrected chi connectivity index (χ4v) is 5.61. The van der Waals surface area contributed by atoms with Crippen LogP contribution in [0.1, 0.15) is 17.2 Å². The van der Waals surface area contributed by atoms with E-state index in [0.717, 1.165) is 30.8 Å². The molecule has 2 fully saturated rings. The average Bonchev–Trinajstić information content (AvgIpc) is 3.14. The molecule has 6 nitrogen and oxygen atoms in total. The molecule has 3 heterocycles. The van der Waals surface area contributed by atoms with Crippen LogP contribution in [0.5, 0.6) is 0 Å². The number of nitrogen functional groups attached to an aromatic ring is 1. The first-order valence-electron chi connectivity index (χ1n) is 8.87. The molecular weight excluding hydrogens is 348 g/mol. The van der Waals surface area contributed by atoms with Crippen molar-refractivity contribution in [1.82, 2.24) is 14.2 Å². The highest BCUT2D eigenvalue weighted by atomic mass is 32.2. The van der Waals surface area contributed by atoms with Crippen molar-refractivity contribution in [3.05, 3.63) is 59.8 Å². The first-order valence-corrected chi connectivity index (χ1v) is 10.7. The molecular formula is C19H24N4O2S. The lowest BCUT2D eigenvalue weighted by molar-refractivity contribution is 0.261. The Balaban J connectivity index is 1.58. The van der Waals surface area contributed by atoms with Crippen LogP contribution in [0, 0.1) is 11.8 Å². The number of aromatic nitrogens is 1. The maximum atomic E-state index is 12.4. The highest BCUT2D eigenvalue weighted by molar-refractivity contribution is 7.88. The van der Waals surface area contributed by atoms with Crippen molar-refractivity contribution in [2.45, 2.75) is 12.6 Å². The third-order valence-electron chi connectivity index (χ3n) is 5.58. The molecule has 0 radical (unpaired) electrons. The molecule has 4 rings (SSSR count). The van der Waals surface area contributed by atoms with Gasteiger partial charge in [0.25, 0.3) is 0 Å². The molecule has 0 spiro atoms. The average molecular weight is 372 g/mol. The Morgan fingerprint density at radius 3 is 2.58 bits per heavy atom. The lowest BCUT2D eigenvalue weighted by atomic mass is 9.90. The molecule has 26 heavy (non-hydrogen) atoms. The maximum Gasteiger partial charge on any atom is 0.211 e. The Bertz CT molecular complexity index is 887. The van der Waals surface area contributed by atoms with E-state index in [4.69, 9.17) is 5.73 Å². The van der Waals surface area contributed by atoms with Crippen molar-refractivity contribution in [3.63, 3.8) is 0 Å². The van der Waals surface area contributed by atoms with Crippen molar-refractivity contribution in [2.24, 2.45) is 11.8 Å². The molecule has 2 aliphatic heterocycles. The van der Waals surface area contributed by atoms with Crippen LogP contribution in [0.3, 0.4) is 0 Å². The van der Waals surface area contributed by atoms with E-state index >= 15 is 0 Å². The minimum Gasteiger partial charge on any atom is -0.383 e. The van der Waals surface area contributed by atoms with Crippen molar-refractivity contribution in [3.8, 4) is 0 Å². The summed E-state index contributed by atoms with van der Waals surface area (Å²) in [6, 6.07) is 13.8. The maximum absolute atomic E-state index is 12.4. The topological polar surface area (TPSA) is 79.5 Å². The third-order valence-corrected chi connectivity index (χ3v) is 6.81. The van der Waals surface area contributed by atoms with Gasteiger partial charge in [-0.1, -0.05) is 36.4 Å². The molecule has 0 saturated carbocycles. The Kier molecular flexibility index (Phi) is 4.46. The second kappa shape index (κ2) is 6.64. The summed E-state index contributed by atoms with van der Waals surface area (Å²) >= 11 is 0. The standard InChI is InChI=1S/C19H24N4O2S/c1-26(24,25)23-12-16-11-22(10-15-8-5-9-21-19(15)20)13-17(16)18(23)14-6-3-2-4-7-14/h2-9,16-18H,10-13H2,1H3,(H2,20,21)/t16-,17-,18+/m1/s1. The first-order chi connectivity index (χ1) is 12.4. The summed E-state index contributed by atoms with van der Waals surface area (Å²) in [5.41, 5.74) is 8.09. The summed E-state index contributed by atoms with van der Waals surface area (Å²) in [4.78, 5) is 6.54. The molecule has 0 bridgehead atoms. The molecule has 2 N–H and O–H groups in total. The number of benzene rings is 1. The monoisotopic (exact) mass is 372 g/mol. The molecule has 1 aromatic carbocycles. The highest BCUT2D eigenvalue weighted by Gasteiger charge is 2.50. The van der Waals surface area contributed by atoms with Gasteiger partial charge >= 0.3 is 0 Å². The van der Waals surface area contributed by atoms with Crippen molar-refractivity contribution >= 4 is 15.8 Å². The molecule has 0 amide bonds. The number of nitrogens with two attached hydrogens (primary N) is 1. The number of pyridine rings is 1. The van der Waals surface area contributed by atoms with Crippen LogP contribution in [0.4, 0.5) is 5.82 Å². The molecule has 2 saturated heterocycles. The number of rotatable bonds is 4. The smallest absolute Gasteiger partial charge is 0.211 e. The largest absolute Gasteiger partial charge is 0.383 e. The first kappa shape index (κ1) is 17.5. The van der Waals surface area contributed by atoms with Crippen LogP contribution in [0.2, 0.25) is 0 Å². The van der Waals surface area contributed by atoms with Gasteiger partial charge in [0.2, 0.25) is 10.0 Å². The predicted octanol–water partition coefficient (Wildman–Crippen LogP) is 1.73. The lowest BCUT2D eigenvalue weighted by Crippen LogP contribution is -2.35. The predicted molar refractivity (Wildman–Crippen MR) is 102 cm³/mol. The van der Waals surface area contributed by atoms with Crippen LogP contribution in [0.25, 0.3) is 0 Å². The summed E-state index contributed by atoms with van der Waals surface area (Å²) < 4.78 is 26.4. The third kappa shape index (κ3) is 3.22. The highest BCUT2D eigenvalue weighted by Crippen LogP contribution is 2.46. The molecule has 2 aliphatic rings. The zero-order chi connectivity index (χ0) is 18.3. The van der Waals surface area contributed by atoms with Crippen molar-refractivity contribution < 1.29 is 8.42 Å². The van der Waals surface area contributed by atoms with Gasteiger partial charge in [0.1, 0.15) is 5.82 Å². The molecule has 2 aromatic rings. The second-order valence-corrected chi connectivity index (χ2v) is 9.29. The number of nitrogens with zero attached hydrogens (tertiary/aromatic N) is 3. The summed E-state index contributed by atoms with van der Waals surface area (Å²) in [6.07, 6.45) is 3.02. The van der Waals surface area contributed by atoms with Crippen LogP contribution in [0.15, 0.2) is 48.7 Å². The molecule has 3 atom stereocenters. The fraction of sp³-hybridized carbons (Fsp3) is 0.421. The van der Waals surface area contributed by atoms with Gasteiger partial charge in [0.05, 0.1) is 12.3 Å². The van der Waals surface area contributed by atoms with E-state index < -0.39 is 10.0 Å². The molecule has 138 valence electrons. The van der Waals surface area contributed by atoms with E-state index in [1.165, 1.54) is 6.26 Å². The fourth-order valence-electron chi connectivity index (χ4n) is 4.46. The number of anilines is 1. The van der Waals surface area contributed by atoms with E-state index in [2.05, 4.69) is 9.88 Å². The van der Waals surface area contributed by atoms with Crippen LogP contribution < -0.4 is 5.73 Å². The normalized spacial score (nSPS) is 26.9. The Hall–Kier alpha value is -1.96. The second-order valence-electron chi connectivity index (χ2n) is 7.35. The number of hydrogen-bond acceptors (Lipinski definition) is 5. The molecule has 7 heteroatoms. The number of likely N-dealkylation sites (tertiary alicyclic amines) is 1. The van der Waals surface area contributed by atoms with E-state index in [1.807, 2.05) is 42.5 Å². The van der Waals surface area contributed by atoms with Gasteiger partial charge in [0, 0.05) is 37.9 Å². The van der Waals surface area contributed by atoms with Gasteiger partial charge in [0.15, 0.2) is 0 Å². The van der Waals surface area contributed by atoms with E-state index in [9.17, 15) is 8.42 Å². The molecule has 0 aliphatic carbocycles.